The molecule has 1 saturated carbocycles. The van der Waals surface area contributed by atoms with Crippen molar-refractivity contribution in [2.24, 2.45) is 0 Å². The van der Waals surface area contributed by atoms with Gasteiger partial charge in [0.1, 0.15) is 16.4 Å². The maximum Gasteiger partial charge on any atom is 0.342 e. The number of thioether (sulfide) groups is 1. The molecule has 1 aliphatic rings. The number of hydrogen-bond donors (Lipinski definition) is 2. The first-order valence-electron chi connectivity index (χ1n) is 6.39. The predicted molar refractivity (Wildman–Crippen MR) is 72.1 cm³/mol. The van der Waals surface area contributed by atoms with Crippen molar-refractivity contribution in [3.05, 3.63) is 5.56 Å². The summed E-state index contributed by atoms with van der Waals surface area (Å²) >= 11 is 1.44. The highest BCUT2D eigenvalue weighted by Crippen LogP contribution is 2.34. The van der Waals surface area contributed by atoms with Crippen LogP contribution in [0.2, 0.25) is 0 Å². The number of hydrogen-bond acceptors (Lipinski definition) is 4. The summed E-state index contributed by atoms with van der Waals surface area (Å²) in [5.41, 5.74) is 6.15. The standard InChI is InChI=1S/C12H19N3O2S/c1-2-18-11-9(12(16)17)10(13)15(14-11)8-6-4-3-5-7-8/h8H,2-7,13H2,1H3,(H,16,17). The van der Waals surface area contributed by atoms with Crippen molar-refractivity contribution in [3.63, 3.8) is 0 Å². The summed E-state index contributed by atoms with van der Waals surface area (Å²) in [4.78, 5) is 11.3. The van der Waals surface area contributed by atoms with E-state index in [1.807, 2.05) is 6.92 Å². The lowest BCUT2D eigenvalue weighted by molar-refractivity contribution is 0.0694. The van der Waals surface area contributed by atoms with Crippen LogP contribution in [0.4, 0.5) is 5.82 Å². The molecule has 0 spiro atoms. The second-order valence-electron chi connectivity index (χ2n) is 4.54. The van der Waals surface area contributed by atoms with E-state index in [1.165, 1.54) is 31.0 Å². The van der Waals surface area contributed by atoms with Crippen LogP contribution in [0.5, 0.6) is 0 Å². The van der Waals surface area contributed by atoms with Gasteiger partial charge in [0.05, 0.1) is 6.04 Å². The number of nitrogens with zero attached hydrogens (tertiary/aromatic N) is 2. The molecule has 5 nitrogen and oxygen atoms in total. The largest absolute Gasteiger partial charge is 0.477 e. The molecule has 0 aromatic carbocycles. The van der Waals surface area contributed by atoms with Crippen molar-refractivity contribution in [2.45, 2.75) is 50.1 Å². The molecule has 0 bridgehead atoms. The minimum Gasteiger partial charge on any atom is -0.477 e. The Morgan fingerprint density at radius 1 is 1.50 bits per heavy atom. The van der Waals surface area contributed by atoms with Gasteiger partial charge in [0.25, 0.3) is 0 Å². The fourth-order valence-electron chi connectivity index (χ4n) is 2.47. The molecule has 0 amide bonds. The van der Waals surface area contributed by atoms with Crippen LogP contribution in [0.25, 0.3) is 0 Å². The number of aromatic nitrogens is 2. The van der Waals surface area contributed by atoms with E-state index in [1.54, 1.807) is 4.68 Å². The highest BCUT2D eigenvalue weighted by Gasteiger charge is 2.26. The Morgan fingerprint density at radius 3 is 2.72 bits per heavy atom. The van der Waals surface area contributed by atoms with Crippen LogP contribution in [-0.2, 0) is 0 Å². The van der Waals surface area contributed by atoms with Crippen LogP contribution in [0.15, 0.2) is 5.03 Å². The number of anilines is 1. The Balaban J connectivity index is 2.35. The molecule has 0 aliphatic heterocycles. The van der Waals surface area contributed by atoms with Crippen molar-refractivity contribution in [1.29, 1.82) is 0 Å². The quantitative estimate of drug-likeness (QED) is 0.821. The van der Waals surface area contributed by atoms with Crippen LogP contribution < -0.4 is 5.73 Å². The number of carboxylic acid groups (broad SMARTS) is 1. The van der Waals surface area contributed by atoms with Crippen LogP contribution in [0.3, 0.4) is 0 Å². The van der Waals surface area contributed by atoms with Gasteiger partial charge in [-0.2, -0.15) is 5.10 Å². The summed E-state index contributed by atoms with van der Waals surface area (Å²) < 4.78 is 1.74. The molecule has 1 heterocycles. The minimum atomic E-state index is -0.981. The minimum absolute atomic E-state index is 0.174. The van der Waals surface area contributed by atoms with Crippen molar-refractivity contribution in [1.82, 2.24) is 9.78 Å². The molecule has 1 aromatic rings. The van der Waals surface area contributed by atoms with Gasteiger partial charge in [-0.3, -0.25) is 0 Å². The van der Waals surface area contributed by atoms with Gasteiger partial charge in [-0.1, -0.05) is 26.2 Å². The third-order valence-corrected chi connectivity index (χ3v) is 4.18. The van der Waals surface area contributed by atoms with E-state index >= 15 is 0 Å². The first kappa shape index (κ1) is 13.3. The molecule has 0 radical (unpaired) electrons. The van der Waals surface area contributed by atoms with E-state index < -0.39 is 5.97 Å². The molecule has 6 heteroatoms. The molecule has 18 heavy (non-hydrogen) atoms. The van der Waals surface area contributed by atoms with Gasteiger partial charge in [0.15, 0.2) is 0 Å². The highest BCUT2D eigenvalue weighted by molar-refractivity contribution is 7.99. The van der Waals surface area contributed by atoms with Gasteiger partial charge >= 0.3 is 5.97 Å². The molecule has 1 aromatic heterocycles. The number of nitrogen functional groups attached to an aromatic ring is 1. The first-order chi connectivity index (χ1) is 8.65. The second-order valence-corrected chi connectivity index (χ2v) is 5.79. The summed E-state index contributed by atoms with van der Waals surface area (Å²) in [6.45, 7) is 1.98. The van der Waals surface area contributed by atoms with Crippen LogP contribution in [0, 0.1) is 0 Å². The zero-order valence-corrected chi connectivity index (χ0v) is 11.4. The topological polar surface area (TPSA) is 81.1 Å². The van der Waals surface area contributed by atoms with Gasteiger partial charge in [0.2, 0.25) is 0 Å². The Hall–Kier alpha value is -1.17. The average Bonchev–Trinajstić information content (AvgIpc) is 2.68. The zero-order valence-electron chi connectivity index (χ0n) is 10.6. The molecular formula is C12H19N3O2S. The van der Waals surface area contributed by atoms with E-state index in [4.69, 9.17) is 5.73 Å². The van der Waals surface area contributed by atoms with Crippen LogP contribution >= 0.6 is 11.8 Å². The van der Waals surface area contributed by atoms with Crippen molar-refractivity contribution in [3.8, 4) is 0 Å². The molecule has 3 N–H and O–H groups in total. The maximum absolute atomic E-state index is 11.3. The number of rotatable bonds is 4. The zero-order chi connectivity index (χ0) is 13.1. The lowest BCUT2D eigenvalue weighted by Gasteiger charge is -2.22. The van der Waals surface area contributed by atoms with E-state index in [0.717, 1.165) is 18.6 Å². The number of carbonyl (C=O) groups is 1. The summed E-state index contributed by atoms with van der Waals surface area (Å²) in [7, 11) is 0. The van der Waals surface area contributed by atoms with Gasteiger partial charge in [-0.25, -0.2) is 9.48 Å². The normalized spacial score (nSPS) is 16.9. The smallest absolute Gasteiger partial charge is 0.342 e. The third-order valence-electron chi connectivity index (χ3n) is 3.33. The average molecular weight is 269 g/mol. The monoisotopic (exact) mass is 269 g/mol. The Morgan fingerprint density at radius 2 is 2.17 bits per heavy atom. The Bertz CT molecular complexity index is 439. The molecule has 1 fully saturated rings. The summed E-state index contributed by atoms with van der Waals surface area (Å²) in [6, 6.07) is 0.267. The summed E-state index contributed by atoms with van der Waals surface area (Å²) in [6.07, 6.45) is 5.67. The van der Waals surface area contributed by atoms with Gasteiger partial charge < -0.3 is 10.8 Å². The molecule has 1 aliphatic carbocycles. The highest BCUT2D eigenvalue weighted by atomic mass is 32.2. The Kier molecular flexibility index (Phi) is 4.16. The van der Waals surface area contributed by atoms with E-state index in [-0.39, 0.29) is 11.6 Å². The molecule has 2 rings (SSSR count). The van der Waals surface area contributed by atoms with Gasteiger partial charge in [0, 0.05) is 0 Å². The van der Waals surface area contributed by atoms with Crippen molar-refractivity contribution >= 4 is 23.5 Å². The van der Waals surface area contributed by atoms with Crippen LogP contribution in [0.1, 0.15) is 55.4 Å². The Labute approximate surface area is 111 Å². The molecule has 0 saturated heterocycles. The van der Waals surface area contributed by atoms with Gasteiger partial charge in [-0.05, 0) is 18.6 Å². The molecule has 0 unspecified atom stereocenters. The SMILES string of the molecule is CCSc1nn(C2CCCCC2)c(N)c1C(=O)O. The second kappa shape index (κ2) is 5.65. The lowest BCUT2D eigenvalue weighted by Crippen LogP contribution is -2.16. The van der Waals surface area contributed by atoms with E-state index in [2.05, 4.69) is 5.10 Å². The summed E-state index contributed by atoms with van der Waals surface area (Å²) in [5, 5.41) is 14.2. The molecule has 100 valence electrons. The fraction of sp³-hybridized carbons (Fsp3) is 0.667. The van der Waals surface area contributed by atoms with Crippen molar-refractivity contribution in [2.75, 3.05) is 11.5 Å². The molecule has 0 atom stereocenters. The van der Waals surface area contributed by atoms with Crippen molar-refractivity contribution < 1.29 is 9.90 Å². The number of nitrogens with two attached hydrogens (primary N) is 1. The van der Waals surface area contributed by atoms with Gasteiger partial charge in [-0.15, -0.1) is 11.8 Å². The number of carboxylic acids is 1. The fourth-order valence-corrected chi connectivity index (χ4v) is 3.22. The maximum atomic E-state index is 11.3. The molecular weight excluding hydrogens is 250 g/mol. The lowest BCUT2D eigenvalue weighted by atomic mass is 9.96. The van der Waals surface area contributed by atoms with E-state index in [9.17, 15) is 9.90 Å². The van der Waals surface area contributed by atoms with Crippen LogP contribution in [-0.4, -0.2) is 26.6 Å². The third kappa shape index (κ3) is 2.48. The first-order valence-corrected chi connectivity index (χ1v) is 7.37. The van der Waals surface area contributed by atoms with E-state index in [0.29, 0.717) is 10.8 Å². The summed E-state index contributed by atoms with van der Waals surface area (Å²) in [5.74, 6) is 0.123. The number of aromatic carboxylic acids is 1. The predicted octanol–water partition coefficient (Wildman–Crippen LogP) is 2.78.